The van der Waals surface area contributed by atoms with Gasteiger partial charge < -0.3 is 10.6 Å². The number of hydrogen-bond acceptors (Lipinski definition) is 4. The number of hydrogen-bond donors (Lipinski definition) is 2. The number of halogens is 1. The lowest BCUT2D eigenvalue weighted by atomic mass is 10.1. The van der Waals surface area contributed by atoms with Crippen molar-refractivity contribution in [2.45, 2.75) is 13.0 Å². The van der Waals surface area contributed by atoms with Crippen molar-refractivity contribution in [3.05, 3.63) is 94.5 Å². The van der Waals surface area contributed by atoms with Crippen LogP contribution < -0.4 is 10.6 Å². The fourth-order valence-electron chi connectivity index (χ4n) is 2.53. The summed E-state index contributed by atoms with van der Waals surface area (Å²) in [5, 5.41) is 6.26. The molecule has 0 spiro atoms. The second-order valence-electron chi connectivity index (χ2n) is 6.07. The minimum absolute atomic E-state index is 0.196. The molecule has 2 N–H and O–H groups in total. The van der Waals surface area contributed by atoms with Gasteiger partial charge in [0, 0.05) is 29.5 Å². The first-order valence-electron chi connectivity index (χ1n) is 8.78. The SMILES string of the molecule is O=C(NCc1ccccn1)c1ccnc(C(=O)NCCc2ccc(Cl)cc2)c1. The summed E-state index contributed by atoms with van der Waals surface area (Å²) in [6, 6.07) is 16.0. The van der Waals surface area contributed by atoms with Gasteiger partial charge in [-0.2, -0.15) is 0 Å². The van der Waals surface area contributed by atoms with E-state index in [0.717, 1.165) is 11.3 Å². The van der Waals surface area contributed by atoms with Crippen LogP contribution in [-0.4, -0.2) is 28.3 Å². The minimum Gasteiger partial charge on any atom is -0.350 e. The molecule has 1 aromatic carbocycles. The molecule has 2 heterocycles. The molecule has 142 valence electrons. The Balaban J connectivity index is 1.53. The molecule has 0 aliphatic carbocycles. The van der Waals surface area contributed by atoms with Gasteiger partial charge in [0.2, 0.25) is 0 Å². The van der Waals surface area contributed by atoms with Crippen LogP contribution in [0.1, 0.15) is 32.1 Å². The number of benzene rings is 1. The summed E-state index contributed by atoms with van der Waals surface area (Å²) in [4.78, 5) is 32.8. The number of pyridine rings is 2. The summed E-state index contributed by atoms with van der Waals surface area (Å²) < 4.78 is 0. The Hall–Kier alpha value is -3.25. The molecule has 3 aromatic rings. The van der Waals surface area contributed by atoms with Crippen LogP contribution in [0.5, 0.6) is 0 Å². The first-order valence-corrected chi connectivity index (χ1v) is 9.16. The summed E-state index contributed by atoms with van der Waals surface area (Å²) in [6.07, 6.45) is 3.79. The van der Waals surface area contributed by atoms with E-state index in [1.54, 1.807) is 12.3 Å². The predicted octanol–water partition coefficient (Wildman–Crippen LogP) is 3.03. The quantitative estimate of drug-likeness (QED) is 0.645. The van der Waals surface area contributed by atoms with E-state index in [0.29, 0.717) is 30.1 Å². The average Bonchev–Trinajstić information content (AvgIpc) is 2.74. The molecular formula is C21H19ClN4O2. The van der Waals surface area contributed by atoms with E-state index in [4.69, 9.17) is 11.6 Å². The highest BCUT2D eigenvalue weighted by Gasteiger charge is 2.11. The summed E-state index contributed by atoms with van der Waals surface area (Å²) in [7, 11) is 0. The zero-order valence-corrected chi connectivity index (χ0v) is 15.8. The summed E-state index contributed by atoms with van der Waals surface area (Å²) >= 11 is 5.86. The molecular weight excluding hydrogens is 376 g/mol. The number of nitrogens with zero attached hydrogens (tertiary/aromatic N) is 2. The largest absolute Gasteiger partial charge is 0.350 e. The molecule has 2 amide bonds. The highest BCUT2D eigenvalue weighted by atomic mass is 35.5. The fraction of sp³-hybridized carbons (Fsp3) is 0.143. The van der Waals surface area contributed by atoms with Crippen molar-refractivity contribution in [1.29, 1.82) is 0 Å². The fourth-order valence-corrected chi connectivity index (χ4v) is 2.66. The molecule has 0 saturated heterocycles. The van der Waals surface area contributed by atoms with Gasteiger partial charge in [-0.3, -0.25) is 19.6 Å². The third kappa shape index (κ3) is 5.62. The van der Waals surface area contributed by atoms with Crippen molar-refractivity contribution in [3.63, 3.8) is 0 Å². The number of amides is 2. The molecule has 0 saturated carbocycles. The van der Waals surface area contributed by atoms with Crippen molar-refractivity contribution in [2.24, 2.45) is 0 Å². The van der Waals surface area contributed by atoms with Crippen LogP contribution in [0.3, 0.4) is 0 Å². The van der Waals surface area contributed by atoms with Crippen molar-refractivity contribution < 1.29 is 9.59 Å². The van der Waals surface area contributed by atoms with Crippen LogP contribution >= 0.6 is 11.6 Å². The molecule has 0 atom stereocenters. The Morgan fingerprint density at radius 3 is 2.46 bits per heavy atom. The van der Waals surface area contributed by atoms with Crippen LogP contribution in [0.15, 0.2) is 67.0 Å². The van der Waals surface area contributed by atoms with E-state index >= 15 is 0 Å². The normalized spacial score (nSPS) is 10.3. The Morgan fingerprint density at radius 1 is 0.893 bits per heavy atom. The van der Waals surface area contributed by atoms with Gasteiger partial charge in [-0.05, 0) is 48.4 Å². The Labute approximate surface area is 168 Å². The second kappa shape index (κ2) is 9.62. The molecule has 7 heteroatoms. The molecule has 2 aromatic heterocycles. The van der Waals surface area contributed by atoms with Crippen molar-refractivity contribution in [3.8, 4) is 0 Å². The smallest absolute Gasteiger partial charge is 0.269 e. The molecule has 3 rings (SSSR count). The molecule has 0 radical (unpaired) electrons. The van der Waals surface area contributed by atoms with E-state index in [9.17, 15) is 9.59 Å². The van der Waals surface area contributed by atoms with E-state index in [2.05, 4.69) is 20.6 Å². The van der Waals surface area contributed by atoms with Gasteiger partial charge in [-0.15, -0.1) is 0 Å². The van der Waals surface area contributed by atoms with Gasteiger partial charge >= 0.3 is 0 Å². The standard InChI is InChI=1S/C21H19ClN4O2/c22-17-6-4-15(5-7-17)8-11-25-21(28)19-13-16(9-12-24-19)20(27)26-14-18-3-1-2-10-23-18/h1-7,9-10,12-13H,8,11,14H2,(H,25,28)(H,26,27). The van der Waals surface area contributed by atoms with Gasteiger partial charge in [0.15, 0.2) is 0 Å². The van der Waals surface area contributed by atoms with Crippen LogP contribution in [0.4, 0.5) is 0 Å². The predicted molar refractivity (Wildman–Crippen MR) is 107 cm³/mol. The number of nitrogens with one attached hydrogen (secondary N) is 2. The van der Waals surface area contributed by atoms with Gasteiger partial charge in [-0.25, -0.2) is 0 Å². The van der Waals surface area contributed by atoms with Gasteiger partial charge in [-0.1, -0.05) is 29.8 Å². The highest BCUT2D eigenvalue weighted by molar-refractivity contribution is 6.30. The average molecular weight is 395 g/mol. The van der Waals surface area contributed by atoms with E-state index in [-0.39, 0.29) is 17.5 Å². The lowest BCUT2D eigenvalue weighted by Gasteiger charge is -2.07. The summed E-state index contributed by atoms with van der Waals surface area (Å²) in [5.74, 6) is -0.614. The Bertz CT molecular complexity index is 946. The molecule has 0 bridgehead atoms. The molecule has 0 aliphatic rings. The lowest BCUT2D eigenvalue weighted by molar-refractivity contribution is 0.0949. The monoisotopic (exact) mass is 394 g/mol. The minimum atomic E-state index is -0.326. The number of aromatic nitrogens is 2. The van der Waals surface area contributed by atoms with E-state index in [1.807, 2.05) is 42.5 Å². The molecule has 0 unspecified atom stereocenters. The zero-order valence-electron chi connectivity index (χ0n) is 15.1. The van der Waals surface area contributed by atoms with Crippen LogP contribution in [-0.2, 0) is 13.0 Å². The molecule has 28 heavy (non-hydrogen) atoms. The lowest BCUT2D eigenvalue weighted by Crippen LogP contribution is -2.28. The van der Waals surface area contributed by atoms with Gasteiger partial charge in [0.25, 0.3) is 11.8 Å². The maximum absolute atomic E-state index is 12.3. The first kappa shape index (κ1) is 19.5. The zero-order chi connectivity index (χ0) is 19.8. The first-order chi connectivity index (χ1) is 13.6. The van der Waals surface area contributed by atoms with Crippen molar-refractivity contribution in [1.82, 2.24) is 20.6 Å². The topological polar surface area (TPSA) is 84.0 Å². The summed E-state index contributed by atoms with van der Waals surface area (Å²) in [5.41, 5.74) is 2.39. The third-order valence-electron chi connectivity index (χ3n) is 4.02. The van der Waals surface area contributed by atoms with E-state index < -0.39 is 0 Å². The maximum atomic E-state index is 12.3. The Kier molecular flexibility index (Phi) is 6.70. The van der Waals surface area contributed by atoms with Crippen LogP contribution in [0.25, 0.3) is 0 Å². The third-order valence-corrected chi connectivity index (χ3v) is 4.28. The Morgan fingerprint density at radius 2 is 1.71 bits per heavy atom. The summed E-state index contributed by atoms with van der Waals surface area (Å²) in [6.45, 7) is 0.767. The molecule has 0 fully saturated rings. The van der Waals surface area contributed by atoms with Crippen LogP contribution in [0, 0.1) is 0 Å². The molecule has 6 nitrogen and oxygen atoms in total. The maximum Gasteiger partial charge on any atom is 0.269 e. The van der Waals surface area contributed by atoms with Gasteiger partial charge in [0.05, 0.1) is 12.2 Å². The van der Waals surface area contributed by atoms with Crippen LogP contribution in [0.2, 0.25) is 5.02 Å². The van der Waals surface area contributed by atoms with E-state index in [1.165, 1.54) is 12.3 Å². The number of carbonyl (C=O) groups is 2. The van der Waals surface area contributed by atoms with Crippen molar-refractivity contribution in [2.75, 3.05) is 6.54 Å². The van der Waals surface area contributed by atoms with Gasteiger partial charge in [0.1, 0.15) is 5.69 Å². The highest BCUT2D eigenvalue weighted by Crippen LogP contribution is 2.09. The number of rotatable bonds is 7. The van der Waals surface area contributed by atoms with Crippen molar-refractivity contribution >= 4 is 23.4 Å². The number of carbonyl (C=O) groups excluding carboxylic acids is 2. The molecule has 0 aliphatic heterocycles. The second-order valence-corrected chi connectivity index (χ2v) is 6.50.